The lowest BCUT2D eigenvalue weighted by Gasteiger charge is -2.50. The molecule has 0 radical (unpaired) electrons. The Bertz CT molecular complexity index is 1500. The van der Waals surface area contributed by atoms with Gasteiger partial charge in [-0.2, -0.15) is 0 Å². The minimum Gasteiger partial charge on any atom is -0.496 e. The zero-order valence-corrected chi connectivity index (χ0v) is 24.1. The topological polar surface area (TPSA) is 66.9 Å². The van der Waals surface area contributed by atoms with Gasteiger partial charge >= 0.3 is 0 Å². The minimum atomic E-state index is -1.15. The lowest BCUT2D eigenvalue weighted by atomic mass is 9.86. The van der Waals surface area contributed by atoms with Crippen molar-refractivity contribution in [3.8, 4) is 5.75 Å². The second kappa shape index (κ2) is 9.47. The molecule has 11 heteroatoms. The monoisotopic (exact) mass is 640 g/mol. The molecular formula is C26H17BrCl4N2O4. The maximum atomic E-state index is 13.7. The summed E-state index contributed by atoms with van der Waals surface area (Å²) in [5, 5.41) is -0.647. The molecule has 0 unspecified atom stereocenters. The Hall–Kier alpha value is -2.29. The van der Waals surface area contributed by atoms with E-state index in [4.69, 9.17) is 51.1 Å². The van der Waals surface area contributed by atoms with Crippen LogP contribution in [0.15, 0.2) is 40.9 Å². The van der Waals surface area contributed by atoms with Crippen LogP contribution in [0.2, 0.25) is 20.1 Å². The summed E-state index contributed by atoms with van der Waals surface area (Å²) in [4.78, 5) is 43.3. The van der Waals surface area contributed by atoms with Gasteiger partial charge in [0.15, 0.2) is 0 Å². The number of amides is 3. The Kier molecular flexibility index (Phi) is 6.74. The molecule has 190 valence electrons. The molecule has 0 bridgehead atoms. The van der Waals surface area contributed by atoms with Crippen molar-refractivity contribution >= 4 is 85.7 Å². The molecule has 6 nitrogen and oxygen atoms in total. The number of carbonyl (C=O) groups excluding carboxylic acids is 3. The predicted molar refractivity (Wildman–Crippen MR) is 148 cm³/mol. The Morgan fingerprint density at radius 1 is 0.757 bits per heavy atom. The third-order valence-corrected chi connectivity index (χ3v) is 9.19. The molecule has 3 amide bonds. The summed E-state index contributed by atoms with van der Waals surface area (Å²) in [6, 6.07) is 9.12. The third-order valence-electron chi connectivity index (χ3n) is 6.76. The number of ether oxygens (including phenoxy) is 1. The number of aryl methyl sites for hydroxylation is 2. The Balaban J connectivity index is 1.65. The van der Waals surface area contributed by atoms with E-state index < -0.39 is 29.8 Å². The number of halogens is 5. The summed E-state index contributed by atoms with van der Waals surface area (Å²) >= 11 is 28.4. The normalized spacial score (nSPS) is 18.9. The number of methoxy groups -OCH3 is 1. The standard InChI is InChI=1S/C26H17BrCl4N2O4/c1-10-4-6-13(8-11(10)2)32-22(12-5-7-15(37-3)14(27)9-12)23(26(32)36)33-24(34)16-17(25(33)35)19(29)21(31)20(30)18(16)28/h4-9,22-23H,1-3H3/t22-,23+/m0/s1. The van der Waals surface area contributed by atoms with E-state index in [-0.39, 0.29) is 31.2 Å². The van der Waals surface area contributed by atoms with E-state index >= 15 is 0 Å². The molecule has 0 saturated carbocycles. The first-order valence-electron chi connectivity index (χ1n) is 11.0. The Morgan fingerprint density at radius 3 is 1.86 bits per heavy atom. The maximum absolute atomic E-state index is 13.7. The summed E-state index contributed by atoms with van der Waals surface area (Å²) in [5.74, 6) is -1.37. The van der Waals surface area contributed by atoms with Gasteiger partial charge in [-0.3, -0.25) is 19.3 Å². The second-order valence-corrected chi connectivity index (χ2v) is 11.1. The smallest absolute Gasteiger partial charge is 0.264 e. The quantitative estimate of drug-likeness (QED) is 0.128. The van der Waals surface area contributed by atoms with Gasteiger partial charge < -0.3 is 9.64 Å². The van der Waals surface area contributed by atoms with Crippen molar-refractivity contribution in [1.29, 1.82) is 0 Å². The van der Waals surface area contributed by atoms with Gasteiger partial charge in [0.1, 0.15) is 11.8 Å². The van der Waals surface area contributed by atoms with Crippen LogP contribution in [0.3, 0.4) is 0 Å². The number of benzene rings is 3. The molecule has 2 atom stereocenters. The minimum absolute atomic E-state index is 0.137. The van der Waals surface area contributed by atoms with Crippen molar-refractivity contribution in [2.75, 3.05) is 12.0 Å². The Labute approximate surface area is 241 Å². The van der Waals surface area contributed by atoms with Crippen LogP contribution in [-0.4, -0.2) is 35.8 Å². The molecule has 2 aliphatic heterocycles. The highest BCUT2D eigenvalue weighted by atomic mass is 79.9. The molecule has 0 aromatic heterocycles. The maximum Gasteiger partial charge on any atom is 0.264 e. The number of hydrogen-bond acceptors (Lipinski definition) is 4. The Morgan fingerprint density at radius 2 is 1.35 bits per heavy atom. The van der Waals surface area contributed by atoms with Crippen molar-refractivity contribution < 1.29 is 19.1 Å². The van der Waals surface area contributed by atoms with E-state index in [1.807, 2.05) is 32.0 Å². The molecule has 37 heavy (non-hydrogen) atoms. The van der Waals surface area contributed by atoms with Crippen LogP contribution in [0.5, 0.6) is 5.75 Å². The van der Waals surface area contributed by atoms with Crippen molar-refractivity contribution in [1.82, 2.24) is 4.90 Å². The first-order valence-corrected chi connectivity index (χ1v) is 13.3. The van der Waals surface area contributed by atoms with Crippen molar-refractivity contribution in [2.45, 2.75) is 25.9 Å². The summed E-state index contributed by atoms with van der Waals surface area (Å²) in [6.07, 6.45) is 0. The highest BCUT2D eigenvalue weighted by molar-refractivity contribution is 9.10. The van der Waals surface area contributed by atoms with Gasteiger partial charge in [-0.05, 0) is 70.7 Å². The number of β-lactam (4-membered cyclic amide) rings is 1. The molecule has 0 aliphatic carbocycles. The van der Waals surface area contributed by atoms with Gasteiger partial charge in [-0.1, -0.05) is 58.5 Å². The number of rotatable bonds is 4. The number of hydrogen-bond donors (Lipinski definition) is 0. The van der Waals surface area contributed by atoms with Crippen LogP contribution < -0.4 is 9.64 Å². The zero-order valence-electron chi connectivity index (χ0n) is 19.5. The number of imide groups is 1. The van der Waals surface area contributed by atoms with Crippen LogP contribution >= 0.6 is 62.3 Å². The van der Waals surface area contributed by atoms with Crippen LogP contribution in [0.25, 0.3) is 0 Å². The van der Waals surface area contributed by atoms with Crippen LogP contribution in [-0.2, 0) is 4.79 Å². The van der Waals surface area contributed by atoms with E-state index in [0.717, 1.165) is 16.0 Å². The fourth-order valence-electron chi connectivity index (χ4n) is 4.71. The number of fused-ring (bicyclic) bond motifs is 1. The molecule has 1 saturated heterocycles. The number of anilines is 1. The van der Waals surface area contributed by atoms with E-state index in [1.54, 1.807) is 30.2 Å². The van der Waals surface area contributed by atoms with Gasteiger partial charge in [0.05, 0.1) is 48.8 Å². The van der Waals surface area contributed by atoms with Crippen LogP contribution in [0.1, 0.15) is 43.4 Å². The lowest BCUT2D eigenvalue weighted by molar-refractivity contribution is -0.130. The molecule has 0 spiro atoms. The third kappa shape index (κ3) is 3.86. The second-order valence-electron chi connectivity index (χ2n) is 8.75. The van der Waals surface area contributed by atoms with Crippen molar-refractivity contribution in [3.05, 3.63) is 88.8 Å². The van der Waals surface area contributed by atoms with Gasteiger partial charge in [0.25, 0.3) is 17.7 Å². The van der Waals surface area contributed by atoms with Gasteiger partial charge in [0, 0.05) is 5.69 Å². The highest BCUT2D eigenvalue weighted by Gasteiger charge is 2.58. The van der Waals surface area contributed by atoms with Crippen LogP contribution in [0.4, 0.5) is 5.69 Å². The predicted octanol–water partition coefficient (Wildman–Crippen LogP) is 7.44. The average Bonchev–Trinajstić information content (AvgIpc) is 3.12. The largest absolute Gasteiger partial charge is 0.496 e. The summed E-state index contributed by atoms with van der Waals surface area (Å²) in [6.45, 7) is 3.92. The molecule has 3 aromatic rings. The molecule has 2 heterocycles. The fraction of sp³-hybridized carbons (Fsp3) is 0.192. The highest BCUT2D eigenvalue weighted by Crippen LogP contribution is 2.49. The molecule has 2 aliphatic rings. The number of nitrogens with zero attached hydrogens (tertiary/aromatic N) is 2. The summed E-state index contributed by atoms with van der Waals surface area (Å²) in [5.41, 5.74) is 3.04. The van der Waals surface area contributed by atoms with E-state index in [1.165, 1.54) is 0 Å². The van der Waals surface area contributed by atoms with Gasteiger partial charge in [-0.25, -0.2) is 0 Å². The molecule has 5 rings (SSSR count). The summed E-state index contributed by atoms with van der Waals surface area (Å²) in [7, 11) is 1.54. The van der Waals surface area contributed by atoms with Crippen LogP contribution in [0, 0.1) is 13.8 Å². The van der Waals surface area contributed by atoms with Crippen molar-refractivity contribution in [2.24, 2.45) is 0 Å². The molecule has 0 N–H and O–H groups in total. The van der Waals surface area contributed by atoms with E-state index in [9.17, 15) is 14.4 Å². The van der Waals surface area contributed by atoms with Crippen molar-refractivity contribution in [3.63, 3.8) is 0 Å². The zero-order chi connectivity index (χ0) is 26.9. The number of carbonyl (C=O) groups is 3. The first-order chi connectivity index (χ1) is 17.5. The summed E-state index contributed by atoms with van der Waals surface area (Å²) < 4.78 is 5.99. The molecule has 3 aromatic carbocycles. The van der Waals surface area contributed by atoms with Gasteiger partial charge in [0.2, 0.25) is 0 Å². The average molecular weight is 643 g/mol. The first kappa shape index (κ1) is 26.3. The fourth-order valence-corrected chi connectivity index (χ4v) is 6.28. The van der Waals surface area contributed by atoms with E-state index in [0.29, 0.717) is 21.5 Å². The lowest BCUT2D eigenvalue weighted by Crippen LogP contribution is -2.67. The SMILES string of the molecule is COc1ccc([C@H]2[C@@H](N3C(=O)c4c(Cl)c(Cl)c(Cl)c(Cl)c4C3=O)C(=O)N2c2ccc(C)c(C)c2)cc1Br. The molecular weight excluding hydrogens is 626 g/mol. The molecule has 1 fully saturated rings. The van der Waals surface area contributed by atoms with Gasteiger partial charge in [-0.15, -0.1) is 0 Å². The van der Waals surface area contributed by atoms with E-state index in [2.05, 4.69) is 15.9 Å².